The third-order valence-corrected chi connectivity index (χ3v) is 1.76. The number of hydrogen-bond acceptors (Lipinski definition) is 2. The lowest BCUT2D eigenvalue weighted by Gasteiger charge is -2.13. The van der Waals surface area contributed by atoms with Crippen molar-refractivity contribution in [1.29, 1.82) is 0 Å². The van der Waals surface area contributed by atoms with E-state index in [1.54, 1.807) is 0 Å². The SMILES string of the molecule is Cc1ccc(O)c(C(F)(F)C(=O)O)c1. The number of halogens is 2. The molecule has 1 aromatic rings. The Morgan fingerprint density at radius 2 is 2.00 bits per heavy atom. The summed E-state index contributed by atoms with van der Waals surface area (Å²) in [5.74, 6) is -7.06. The number of rotatable bonds is 2. The van der Waals surface area contributed by atoms with Gasteiger partial charge < -0.3 is 10.2 Å². The van der Waals surface area contributed by atoms with Crippen molar-refractivity contribution in [2.75, 3.05) is 0 Å². The number of aliphatic carboxylic acids is 1. The predicted molar refractivity (Wildman–Crippen MR) is 44.4 cm³/mol. The van der Waals surface area contributed by atoms with E-state index in [-0.39, 0.29) is 0 Å². The Morgan fingerprint density at radius 1 is 1.43 bits per heavy atom. The molecular formula is C9H8F2O3. The van der Waals surface area contributed by atoms with Crippen molar-refractivity contribution >= 4 is 5.97 Å². The van der Waals surface area contributed by atoms with Crippen molar-refractivity contribution in [3.8, 4) is 5.75 Å². The molecule has 0 aromatic heterocycles. The largest absolute Gasteiger partial charge is 0.507 e. The molecule has 0 amide bonds. The van der Waals surface area contributed by atoms with Gasteiger partial charge >= 0.3 is 11.9 Å². The van der Waals surface area contributed by atoms with Gasteiger partial charge in [0, 0.05) is 0 Å². The Bertz CT molecular complexity index is 374. The average Bonchev–Trinajstić information content (AvgIpc) is 2.08. The fourth-order valence-corrected chi connectivity index (χ4v) is 1.02. The van der Waals surface area contributed by atoms with Crippen molar-refractivity contribution in [1.82, 2.24) is 0 Å². The van der Waals surface area contributed by atoms with Crippen molar-refractivity contribution in [3.05, 3.63) is 29.3 Å². The second-order valence-corrected chi connectivity index (χ2v) is 2.90. The summed E-state index contributed by atoms with van der Waals surface area (Å²) in [4.78, 5) is 10.2. The molecule has 2 N–H and O–H groups in total. The van der Waals surface area contributed by atoms with Crippen LogP contribution in [0.15, 0.2) is 18.2 Å². The van der Waals surface area contributed by atoms with E-state index in [4.69, 9.17) is 10.2 Å². The van der Waals surface area contributed by atoms with Crippen LogP contribution in [-0.4, -0.2) is 16.2 Å². The molecule has 0 aliphatic carbocycles. The van der Waals surface area contributed by atoms with Crippen molar-refractivity contribution in [2.24, 2.45) is 0 Å². The minimum absolute atomic E-state index is 0.457. The highest BCUT2D eigenvalue weighted by Gasteiger charge is 2.43. The van der Waals surface area contributed by atoms with Gasteiger partial charge in [-0.25, -0.2) is 4.79 Å². The lowest BCUT2D eigenvalue weighted by molar-refractivity contribution is -0.166. The first kappa shape index (κ1) is 10.4. The molecule has 0 atom stereocenters. The van der Waals surface area contributed by atoms with Gasteiger partial charge in [-0.15, -0.1) is 0 Å². The van der Waals surface area contributed by atoms with Crippen LogP contribution in [0.3, 0.4) is 0 Å². The fraction of sp³-hybridized carbons (Fsp3) is 0.222. The summed E-state index contributed by atoms with van der Waals surface area (Å²) < 4.78 is 25.9. The van der Waals surface area contributed by atoms with E-state index < -0.39 is 23.2 Å². The first-order valence-corrected chi connectivity index (χ1v) is 3.77. The summed E-state index contributed by atoms with van der Waals surface area (Å²) in [7, 11) is 0. The molecule has 0 spiro atoms. The summed E-state index contributed by atoms with van der Waals surface area (Å²) in [5.41, 5.74) is -0.427. The van der Waals surface area contributed by atoms with Crippen molar-refractivity contribution in [3.63, 3.8) is 0 Å². The van der Waals surface area contributed by atoms with Crippen LogP contribution < -0.4 is 0 Å². The summed E-state index contributed by atoms with van der Waals surface area (Å²) >= 11 is 0. The number of benzene rings is 1. The van der Waals surface area contributed by atoms with Gasteiger partial charge in [0.25, 0.3) is 0 Å². The molecule has 1 rings (SSSR count). The average molecular weight is 202 g/mol. The quantitative estimate of drug-likeness (QED) is 0.769. The number of carboxylic acid groups (broad SMARTS) is 1. The number of carboxylic acids is 1. The summed E-state index contributed by atoms with van der Waals surface area (Å²) in [6.07, 6.45) is 0. The molecule has 0 radical (unpaired) electrons. The maximum absolute atomic E-state index is 13.0. The lowest BCUT2D eigenvalue weighted by atomic mass is 10.0. The van der Waals surface area contributed by atoms with Gasteiger partial charge in [-0.3, -0.25) is 0 Å². The number of aromatic hydroxyl groups is 1. The van der Waals surface area contributed by atoms with Crippen LogP contribution in [0.5, 0.6) is 5.75 Å². The zero-order valence-corrected chi connectivity index (χ0v) is 7.29. The molecule has 0 heterocycles. The highest BCUT2D eigenvalue weighted by molar-refractivity contribution is 5.78. The van der Waals surface area contributed by atoms with Gasteiger partial charge in [-0.2, -0.15) is 8.78 Å². The van der Waals surface area contributed by atoms with E-state index >= 15 is 0 Å². The van der Waals surface area contributed by atoms with E-state index in [1.165, 1.54) is 13.0 Å². The summed E-state index contributed by atoms with van der Waals surface area (Å²) in [5, 5.41) is 17.3. The smallest absolute Gasteiger partial charge is 0.379 e. The number of hydrogen-bond donors (Lipinski definition) is 2. The number of phenolic OH excluding ortho intramolecular Hbond substituents is 1. The van der Waals surface area contributed by atoms with Gasteiger partial charge in [0.05, 0.1) is 5.56 Å². The van der Waals surface area contributed by atoms with Crippen LogP contribution in [0.4, 0.5) is 8.78 Å². The first-order valence-electron chi connectivity index (χ1n) is 3.77. The molecule has 3 nitrogen and oxygen atoms in total. The monoisotopic (exact) mass is 202 g/mol. The first-order chi connectivity index (χ1) is 6.35. The maximum Gasteiger partial charge on any atom is 0.379 e. The molecule has 1 aromatic carbocycles. The molecule has 0 aliphatic rings. The maximum atomic E-state index is 13.0. The molecule has 0 saturated heterocycles. The predicted octanol–water partition coefficient (Wildman–Crippen LogP) is 1.88. The van der Waals surface area contributed by atoms with E-state index in [1.807, 2.05) is 0 Å². The van der Waals surface area contributed by atoms with Gasteiger partial charge in [0.1, 0.15) is 5.75 Å². The van der Waals surface area contributed by atoms with Crippen LogP contribution in [-0.2, 0) is 10.7 Å². The third kappa shape index (κ3) is 1.66. The topological polar surface area (TPSA) is 57.5 Å². The Hall–Kier alpha value is -1.65. The van der Waals surface area contributed by atoms with Gasteiger partial charge in [0.15, 0.2) is 0 Å². The highest BCUT2D eigenvalue weighted by atomic mass is 19.3. The number of alkyl halides is 2. The lowest BCUT2D eigenvalue weighted by Crippen LogP contribution is -2.25. The Balaban J connectivity index is 3.31. The molecule has 5 heteroatoms. The number of aryl methyl sites for hydroxylation is 1. The van der Waals surface area contributed by atoms with Crippen LogP contribution in [0, 0.1) is 6.92 Å². The number of phenols is 1. The standard InChI is InChI=1S/C9H8F2O3/c1-5-2-3-7(12)6(4-5)9(10,11)8(13)14/h2-4,12H,1H3,(H,13,14). The normalized spacial score (nSPS) is 11.4. The number of carbonyl (C=O) groups is 1. The van der Waals surface area contributed by atoms with Crippen molar-refractivity contribution in [2.45, 2.75) is 12.8 Å². The molecule has 0 saturated carbocycles. The fourth-order valence-electron chi connectivity index (χ4n) is 1.02. The van der Waals surface area contributed by atoms with E-state index in [0.29, 0.717) is 5.56 Å². The molecule has 14 heavy (non-hydrogen) atoms. The Labute approximate surface area is 78.6 Å². The summed E-state index contributed by atoms with van der Waals surface area (Å²) in [6.45, 7) is 1.53. The molecule has 0 fully saturated rings. The van der Waals surface area contributed by atoms with Crippen LogP contribution >= 0.6 is 0 Å². The van der Waals surface area contributed by atoms with Gasteiger partial charge in [-0.05, 0) is 19.1 Å². The Kier molecular flexibility index (Phi) is 2.42. The molecule has 76 valence electrons. The minimum Gasteiger partial charge on any atom is -0.507 e. The molecule has 0 bridgehead atoms. The third-order valence-electron chi connectivity index (χ3n) is 1.76. The summed E-state index contributed by atoms with van der Waals surface area (Å²) in [6, 6.07) is 3.40. The second-order valence-electron chi connectivity index (χ2n) is 2.90. The zero-order valence-electron chi connectivity index (χ0n) is 7.29. The second kappa shape index (κ2) is 3.25. The molecule has 0 unspecified atom stereocenters. The molecular weight excluding hydrogens is 194 g/mol. The Morgan fingerprint density at radius 3 is 2.50 bits per heavy atom. The van der Waals surface area contributed by atoms with Crippen LogP contribution in [0.1, 0.15) is 11.1 Å². The molecule has 0 aliphatic heterocycles. The van der Waals surface area contributed by atoms with Crippen LogP contribution in [0.25, 0.3) is 0 Å². The van der Waals surface area contributed by atoms with E-state index in [0.717, 1.165) is 12.1 Å². The van der Waals surface area contributed by atoms with Crippen LogP contribution in [0.2, 0.25) is 0 Å². The minimum atomic E-state index is -4.06. The highest BCUT2D eigenvalue weighted by Crippen LogP contribution is 2.35. The van der Waals surface area contributed by atoms with E-state index in [9.17, 15) is 13.6 Å². The van der Waals surface area contributed by atoms with Gasteiger partial charge in [-0.1, -0.05) is 11.6 Å². The van der Waals surface area contributed by atoms with E-state index in [2.05, 4.69) is 0 Å². The van der Waals surface area contributed by atoms with Crippen molar-refractivity contribution < 1.29 is 23.8 Å². The van der Waals surface area contributed by atoms with Gasteiger partial charge in [0.2, 0.25) is 0 Å². The zero-order chi connectivity index (χ0) is 10.9.